The van der Waals surface area contributed by atoms with Gasteiger partial charge in [-0.3, -0.25) is 10.1 Å². The van der Waals surface area contributed by atoms with E-state index in [-0.39, 0.29) is 5.57 Å². The zero-order chi connectivity index (χ0) is 21.3. The fraction of sp³-hybridized carbons (Fsp3) is 0.217. The molecule has 6 nitrogen and oxygen atoms in total. The molecule has 1 aromatic heterocycles. The molecule has 0 aliphatic heterocycles. The molecule has 7 heteroatoms. The molecule has 1 heterocycles. The monoisotopic (exact) mass is 418 g/mol. The minimum atomic E-state index is -0.514. The molecule has 0 bridgehead atoms. The van der Waals surface area contributed by atoms with E-state index in [2.05, 4.69) is 29.4 Å². The summed E-state index contributed by atoms with van der Waals surface area (Å²) in [5, 5.41) is 21.4. The highest BCUT2D eigenvalue weighted by Gasteiger charge is 2.13. The Labute approximate surface area is 179 Å². The Morgan fingerprint density at radius 1 is 1.20 bits per heavy atom. The highest BCUT2D eigenvalue weighted by Crippen LogP contribution is 2.20. The van der Waals surface area contributed by atoms with Crippen LogP contribution < -0.4 is 10.1 Å². The molecule has 3 aromatic rings. The van der Waals surface area contributed by atoms with E-state index in [1.807, 2.05) is 54.6 Å². The van der Waals surface area contributed by atoms with Crippen molar-refractivity contribution in [2.24, 2.45) is 5.92 Å². The third-order valence-corrected chi connectivity index (χ3v) is 4.91. The summed E-state index contributed by atoms with van der Waals surface area (Å²) in [4.78, 5) is 12.5. The Morgan fingerprint density at radius 2 is 2.00 bits per heavy atom. The minimum Gasteiger partial charge on any atom is -0.489 e. The normalized spacial score (nSPS) is 11.2. The lowest BCUT2D eigenvalue weighted by Gasteiger charge is -2.07. The van der Waals surface area contributed by atoms with E-state index in [1.54, 1.807) is 6.07 Å². The maximum Gasteiger partial charge on any atom is 0.268 e. The topological polar surface area (TPSA) is 87.9 Å². The number of carbonyl (C=O) groups excluding carboxylic acids is 1. The van der Waals surface area contributed by atoms with Crippen molar-refractivity contribution in [3.05, 3.63) is 76.3 Å². The SMILES string of the molecule is CC(C)Cc1nnc(NC(=O)/C(C#N)=C\c2cccc(OCc3ccccc3)c2)s1. The Bertz CT molecular complexity index is 1070. The molecule has 0 atom stereocenters. The molecule has 0 fully saturated rings. The molecule has 0 spiro atoms. The summed E-state index contributed by atoms with van der Waals surface area (Å²) in [6, 6.07) is 19.1. The van der Waals surface area contributed by atoms with Crippen molar-refractivity contribution in [3.8, 4) is 11.8 Å². The van der Waals surface area contributed by atoms with Gasteiger partial charge < -0.3 is 4.74 Å². The van der Waals surface area contributed by atoms with Gasteiger partial charge in [0.2, 0.25) is 5.13 Å². The van der Waals surface area contributed by atoms with Gasteiger partial charge in [0.05, 0.1) is 0 Å². The molecule has 0 aliphatic carbocycles. The number of hydrogen-bond acceptors (Lipinski definition) is 6. The number of nitrogens with zero attached hydrogens (tertiary/aromatic N) is 3. The van der Waals surface area contributed by atoms with Gasteiger partial charge >= 0.3 is 0 Å². The number of carbonyl (C=O) groups is 1. The molecular weight excluding hydrogens is 396 g/mol. The van der Waals surface area contributed by atoms with Gasteiger partial charge in [-0.2, -0.15) is 5.26 Å². The average molecular weight is 419 g/mol. The summed E-state index contributed by atoms with van der Waals surface area (Å²) in [5.41, 5.74) is 1.74. The van der Waals surface area contributed by atoms with Crippen LogP contribution in [0.4, 0.5) is 5.13 Å². The number of amides is 1. The zero-order valence-electron chi connectivity index (χ0n) is 16.8. The van der Waals surface area contributed by atoms with Gasteiger partial charge in [-0.15, -0.1) is 10.2 Å². The van der Waals surface area contributed by atoms with Gasteiger partial charge in [0.1, 0.15) is 29.0 Å². The molecule has 0 aliphatic rings. The number of ether oxygens (including phenoxy) is 1. The molecule has 0 radical (unpaired) electrons. The zero-order valence-corrected chi connectivity index (χ0v) is 17.6. The van der Waals surface area contributed by atoms with Crippen molar-refractivity contribution in [1.29, 1.82) is 5.26 Å². The second-order valence-electron chi connectivity index (χ2n) is 7.07. The van der Waals surface area contributed by atoms with E-state index in [0.717, 1.165) is 17.0 Å². The number of nitriles is 1. The van der Waals surface area contributed by atoms with Crippen molar-refractivity contribution in [2.45, 2.75) is 26.9 Å². The second kappa shape index (κ2) is 10.3. The van der Waals surface area contributed by atoms with Crippen LogP contribution in [0.2, 0.25) is 0 Å². The lowest BCUT2D eigenvalue weighted by molar-refractivity contribution is -0.112. The Balaban J connectivity index is 1.67. The summed E-state index contributed by atoms with van der Waals surface area (Å²) < 4.78 is 5.81. The third-order valence-electron chi connectivity index (χ3n) is 4.05. The Hall–Kier alpha value is -3.50. The molecule has 152 valence electrons. The lowest BCUT2D eigenvalue weighted by atomic mass is 10.1. The summed E-state index contributed by atoms with van der Waals surface area (Å²) in [5.74, 6) is 0.598. The molecule has 1 N–H and O–H groups in total. The molecule has 3 rings (SSSR count). The average Bonchev–Trinajstić information content (AvgIpc) is 3.17. The van der Waals surface area contributed by atoms with Crippen LogP contribution >= 0.6 is 11.3 Å². The Morgan fingerprint density at radius 3 is 2.73 bits per heavy atom. The van der Waals surface area contributed by atoms with Gasteiger partial charge in [-0.1, -0.05) is 67.6 Å². The van der Waals surface area contributed by atoms with E-state index in [1.165, 1.54) is 17.4 Å². The quantitative estimate of drug-likeness (QED) is 0.417. The van der Waals surface area contributed by atoms with Crippen LogP contribution in [0.15, 0.2) is 60.2 Å². The number of benzene rings is 2. The highest BCUT2D eigenvalue weighted by molar-refractivity contribution is 7.15. The number of rotatable bonds is 8. The summed E-state index contributed by atoms with van der Waals surface area (Å²) >= 11 is 1.32. The maximum absolute atomic E-state index is 12.5. The fourth-order valence-corrected chi connectivity index (χ4v) is 3.60. The van der Waals surface area contributed by atoms with Crippen LogP contribution in [-0.2, 0) is 17.8 Å². The van der Waals surface area contributed by atoms with Crippen molar-refractivity contribution >= 4 is 28.5 Å². The van der Waals surface area contributed by atoms with Crippen molar-refractivity contribution in [3.63, 3.8) is 0 Å². The van der Waals surface area contributed by atoms with Crippen LogP contribution in [-0.4, -0.2) is 16.1 Å². The van der Waals surface area contributed by atoms with Crippen LogP contribution in [0.3, 0.4) is 0 Å². The predicted molar refractivity (Wildman–Crippen MR) is 118 cm³/mol. The van der Waals surface area contributed by atoms with Gasteiger partial charge in [0.25, 0.3) is 5.91 Å². The molecule has 2 aromatic carbocycles. The third kappa shape index (κ3) is 6.26. The first-order valence-electron chi connectivity index (χ1n) is 9.56. The Kier molecular flexibility index (Phi) is 7.30. The number of nitrogens with one attached hydrogen (secondary N) is 1. The lowest BCUT2D eigenvalue weighted by Crippen LogP contribution is -2.13. The van der Waals surface area contributed by atoms with E-state index in [4.69, 9.17) is 4.74 Å². The number of hydrogen-bond donors (Lipinski definition) is 1. The van der Waals surface area contributed by atoms with E-state index in [0.29, 0.717) is 29.0 Å². The molecule has 0 unspecified atom stereocenters. The summed E-state index contributed by atoms with van der Waals surface area (Å²) in [6.07, 6.45) is 2.32. The van der Waals surface area contributed by atoms with Crippen LogP contribution in [0.25, 0.3) is 6.08 Å². The van der Waals surface area contributed by atoms with Gasteiger partial charge in [0.15, 0.2) is 0 Å². The number of anilines is 1. The standard InChI is InChI=1S/C23H22N4O2S/c1-16(2)11-21-26-27-23(30-21)25-22(28)19(14-24)12-18-9-6-10-20(13-18)29-15-17-7-4-3-5-8-17/h3-10,12-13,16H,11,15H2,1-2H3,(H,25,27,28)/b19-12-. The van der Waals surface area contributed by atoms with Crippen LogP contribution in [0.5, 0.6) is 5.75 Å². The van der Waals surface area contributed by atoms with Gasteiger partial charge in [0, 0.05) is 6.42 Å². The molecule has 0 saturated carbocycles. The van der Waals surface area contributed by atoms with E-state index >= 15 is 0 Å². The van der Waals surface area contributed by atoms with Crippen LogP contribution in [0, 0.1) is 17.2 Å². The fourth-order valence-electron chi connectivity index (χ4n) is 2.65. The smallest absolute Gasteiger partial charge is 0.268 e. The number of aromatic nitrogens is 2. The maximum atomic E-state index is 12.5. The molecule has 30 heavy (non-hydrogen) atoms. The first-order valence-corrected chi connectivity index (χ1v) is 10.4. The predicted octanol–water partition coefficient (Wildman–Crippen LogP) is 4.86. The summed E-state index contributed by atoms with van der Waals surface area (Å²) in [7, 11) is 0. The highest BCUT2D eigenvalue weighted by atomic mass is 32.1. The molecule has 0 saturated heterocycles. The van der Waals surface area contributed by atoms with E-state index in [9.17, 15) is 10.1 Å². The molecule has 1 amide bonds. The van der Waals surface area contributed by atoms with Gasteiger partial charge in [-0.05, 0) is 35.3 Å². The summed E-state index contributed by atoms with van der Waals surface area (Å²) in [6.45, 7) is 4.62. The second-order valence-corrected chi connectivity index (χ2v) is 8.13. The van der Waals surface area contributed by atoms with Crippen molar-refractivity contribution in [1.82, 2.24) is 10.2 Å². The van der Waals surface area contributed by atoms with Gasteiger partial charge in [-0.25, -0.2) is 0 Å². The van der Waals surface area contributed by atoms with Crippen molar-refractivity contribution < 1.29 is 9.53 Å². The molecular formula is C23H22N4O2S. The first-order chi connectivity index (χ1) is 14.5. The van der Waals surface area contributed by atoms with Crippen LogP contribution in [0.1, 0.15) is 30.0 Å². The largest absolute Gasteiger partial charge is 0.489 e. The minimum absolute atomic E-state index is 0.0178. The van der Waals surface area contributed by atoms with E-state index < -0.39 is 5.91 Å². The first kappa shape index (κ1) is 21.2. The van der Waals surface area contributed by atoms with Crippen molar-refractivity contribution in [2.75, 3.05) is 5.32 Å².